The Morgan fingerprint density at radius 2 is 2.28 bits per heavy atom. The first-order valence-electron chi connectivity index (χ1n) is 6.28. The maximum Gasteiger partial charge on any atom is 0.270 e. The smallest absolute Gasteiger partial charge is 0.270 e. The van der Waals surface area contributed by atoms with Gasteiger partial charge in [0.15, 0.2) is 0 Å². The molecule has 98 valence electrons. The van der Waals surface area contributed by atoms with Gasteiger partial charge in [-0.15, -0.1) is 11.6 Å². The lowest BCUT2D eigenvalue weighted by molar-refractivity contribution is 0.0603. The summed E-state index contributed by atoms with van der Waals surface area (Å²) in [4.78, 5) is 28.0. The number of likely N-dealkylation sites (tertiary alicyclic amines) is 1. The SMILES string of the molecule is O=C(c1cccc(=O)[nH]1)N1CCCCC1CCCl. The van der Waals surface area contributed by atoms with E-state index in [1.807, 2.05) is 4.90 Å². The van der Waals surface area contributed by atoms with Gasteiger partial charge in [0.1, 0.15) is 5.69 Å². The van der Waals surface area contributed by atoms with E-state index in [2.05, 4.69) is 4.98 Å². The third-order valence-electron chi connectivity index (χ3n) is 3.33. The van der Waals surface area contributed by atoms with Crippen LogP contribution < -0.4 is 5.56 Å². The van der Waals surface area contributed by atoms with E-state index in [9.17, 15) is 9.59 Å². The van der Waals surface area contributed by atoms with Gasteiger partial charge in [-0.3, -0.25) is 9.59 Å². The molecular weight excluding hydrogens is 252 g/mol. The van der Waals surface area contributed by atoms with Gasteiger partial charge in [0.25, 0.3) is 5.91 Å². The van der Waals surface area contributed by atoms with Crippen LogP contribution in [0.4, 0.5) is 0 Å². The van der Waals surface area contributed by atoms with Gasteiger partial charge in [0.2, 0.25) is 5.56 Å². The van der Waals surface area contributed by atoms with Crippen LogP contribution in [0.2, 0.25) is 0 Å². The first-order valence-corrected chi connectivity index (χ1v) is 6.82. The van der Waals surface area contributed by atoms with Gasteiger partial charge in [-0.05, 0) is 31.7 Å². The molecular formula is C13H17ClN2O2. The van der Waals surface area contributed by atoms with E-state index in [1.54, 1.807) is 12.1 Å². The second-order valence-corrected chi connectivity index (χ2v) is 4.93. The maximum atomic E-state index is 12.3. The van der Waals surface area contributed by atoms with Gasteiger partial charge in [-0.1, -0.05) is 6.07 Å². The van der Waals surface area contributed by atoms with Crippen LogP contribution in [-0.4, -0.2) is 34.3 Å². The lowest BCUT2D eigenvalue weighted by atomic mass is 9.99. The number of nitrogens with zero attached hydrogens (tertiary/aromatic N) is 1. The number of aromatic amines is 1. The number of rotatable bonds is 3. The first kappa shape index (κ1) is 13.1. The molecule has 1 atom stereocenters. The highest BCUT2D eigenvalue weighted by Crippen LogP contribution is 2.21. The largest absolute Gasteiger partial charge is 0.334 e. The van der Waals surface area contributed by atoms with Crippen LogP contribution in [-0.2, 0) is 0 Å². The molecule has 1 N–H and O–H groups in total. The van der Waals surface area contributed by atoms with E-state index in [-0.39, 0.29) is 17.5 Å². The van der Waals surface area contributed by atoms with Crippen LogP contribution in [0.25, 0.3) is 0 Å². The highest BCUT2D eigenvalue weighted by Gasteiger charge is 2.27. The third-order valence-corrected chi connectivity index (χ3v) is 3.55. The van der Waals surface area contributed by atoms with Gasteiger partial charge in [0.05, 0.1) is 0 Å². The van der Waals surface area contributed by atoms with Crippen LogP contribution in [0.3, 0.4) is 0 Å². The molecule has 0 bridgehead atoms. The molecule has 5 heteroatoms. The molecule has 2 heterocycles. The molecule has 1 aliphatic rings. The number of alkyl halides is 1. The Labute approximate surface area is 111 Å². The number of hydrogen-bond donors (Lipinski definition) is 1. The number of nitrogens with one attached hydrogen (secondary N) is 1. The Bertz CT molecular complexity index is 470. The molecule has 0 aromatic carbocycles. The lowest BCUT2D eigenvalue weighted by Gasteiger charge is -2.35. The van der Waals surface area contributed by atoms with Crippen molar-refractivity contribution in [1.29, 1.82) is 0 Å². The Morgan fingerprint density at radius 3 is 3.00 bits per heavy atom. The first-order chi connectivity index (χ1) is 8.72. The summed E-state index contributed by atoms with van der Waals surface area (Å²) in [5, 5.41) is 0. The third kappa shape index (κ3) is 2.93. The molecule has 1 aromatic heterocycles. The maximum absolute atomic E-state index is 12.3. The summed E-state index contributed by atoms with van der Waals surface area (Å²) < 4.78 is 0. The van der Waals surface area contributed by atoms with Crippen molar-refractivity contribution in [2.24, 2.45) is 0 Å². The Balaban J connectivity index is 2.18. The number of hydrogen-bond acceptors (Lipinski definition) is 2. The monoisotopic (exact) mass is 268 g/mol. The molecule has 4 nitrogen and oxygen atoms in total. The van der Waals surface area contributed by atoms with Gasteiger partial charge < -0.3 is 9.88 Å². The van der Waals surface area contributed by atoms with Crippen molar-refractivity contribution in [3.05, 3.63) is 34.2 Å². The van der Waals surface area contributed by atoms with Gasteiger partial charge in [-0.25, -0.2) is 0 Å². The fraction of sp³-hybridized carbons (Fsp3) is 0.538. The molecule has 0 spiro atoms. The topological polar surface area (TPSA) is 53.2 Å². The number of carbonyl (C=O) groups is 1. The fourth-order valence-corrected chi connectivity index (χ4v) is 2.67. The van der Waals surface area contributed by atoms with E-state index >= 15 is 0 Å². The van der Waals surface area contributed by atoms with Crippen molar-refractivity contribution >= 4 is 17.5 Å². The summed E-state index contributed by atoms with van der Waals surface area (Å²) >= 11 is 5.78. The molecule has 18 heavy (non-hydrogen) atoms. The summed E-state index contributed by atoms with van der Waals surface area (Å²) in [6.45, 7) is 0.747. The molecule has 1 aromatic rings. The van der Waals surface area contributed by atoms with E-state index < -0.39 is 0 Å². The molecule has 1 unspecified atom stereocenters. The van der Waals surface area contributed by atoms with Crippen LogP contribution in [0.15, 0.2) is 23.0 Å². The quantitative estimate of drug-likeness (QED) is 0.853. The Kier molecular flexibility index (Phi) is 4.42. The molecule has 1 amide bonds. The summed E-state index contributed by atoms with van der Waals surface area (Å²) in [5.41, 5.74) is 0.121. The van der Waals surface area contributed by atoms with Crippen LogP contribution in [0.1, 0.15) is 36.2 Å². The number of piperidine rings is 1. The van der Waals surface area contributed by atoms with Crippen molar-refractivity contribution in [2.75, 3.05) is 12.4 Å². The van der Waals surface area contributed by atoms with Crippen LogP contribution >= 0.6 is 11.6 Å². The molecule has 2 rings (SSSR count). The van der Waals surface area contributed by atoms with Crippen molar-refractivity contribution in [3.63, 3.8) is 0 Å². The highest BCUT2D eigenvalue weighted by atomic mass is 35.5. The number of aromatic nitrogens is 1. The Morgan fingerprint density at radius 1 is 1.44 bits per heavy atom. The molecule has 0 aliphatic carbocycles. The summed E-state index contributed by atoms with van der Waals surface area (Å²) in [6.07, 6.45) is 3.96. The standard InChI is InChI=1S/C13H17ClN2O2/c14-8-7-10-4-1-2-9-16(10)13(18)11-5-3-6-12(17)15-11/h3,5-6,10H,1-2,4,7-9H2,(H,15,17). The second-order valence-electron chi connectivity index (χ2n) is 4.55. The molecule has 1 aliphatic heterocycles. The number of carbonyl (C=O) groups excluding carboxylic acids is 1. The molecule has 1 fully saturated rings. The minimum atomic E-state index is -0.244. The van der Waals surface area contributed by atoms with E-state index in [4.69, 9.17) is 11.6 Å². The second kappa shape index (κ2) is 6.05. The van der Waals surface area contributed by atoms with Crippen molar-refractivity contribution in [2.45, 2.75) is 31.7 Å². The minimum absolute atomic E-state index is 0.0949. The molecule has 1 saturated heterocycles. The fourth-order valence-electron chi connectivity index (χ4n) is 2.42. The van der Waals surface area contributed by atoms with Gasteiger partial charge in [-0.2, -0.15) is 0 Å². The summed E-state index contributed by atoms with van der Waals surface area (Å²) in [5.74, 6) is 0.460. The Hall–Kier alpha value is -1.29. The van der Waals surface area contributed by atoms with Crippen LogP contribution in [0.5, 0.6) is 0 Å². The van der Waals surface area contributed by atoms with Crippen molar-refractivity contribution < 1.29 is 4.79 Å². The number of pyridine rings is 1. The number of amides is 1. The number of halogens is 1. The van der Waals surface area contributed by atoms with Crippen molar-refractivity contribution in [3.8, 4) is 0 Å². The van der Waals surface area contributed by atoms with Crippen molar-refractivity contribution in [1.82, 2.24) is 9.88 Å². The zero-order valence-electron chi connectivity index (χ0n) is 10.2. The molecule has 0 radical (unpaired) electrons. The zero-order chi connectivity index (χ0) is 13.0. The van der Waals surface area contributed by atoms with E-state index in [0.717, 1.165) is 32.2 Å². The average Bonchev–Trinajstić information content (AvgIpc) is 2.39. The van der Waals surface area contributed by atoms with Gasteiger partial charge in [0, 0.05) is 24.5 Å². The zero-order valence-corrected chi connectivity index (χ0v) is 10.9. The lowest BCUT2D eigenvalue weighted by Crippen LogP contribution is -2.44. The van der Waals surface area contributed by atoms with E-state index in [0.29, 0.717) is 11.6 Å². The predicted octanol–water partition coefficient (Wildman–Crippen LogP) is 2.00. The summed E-state index contributed by atoms with van der Waals surface area (Å²) in [6, 6.07) is 4.86. The highest BCUT2D eigenvalue weighted by molar-refractivity contribution is 6.17. The molecule has 0 saturated carbocycles. The van der Waals surface area contributed by atoms with Crippen LogP contribution in [0, 0.1) is 0 Å². The van der Waals surface area contributed by atoms with Gasteiger partial charge >= 0.3 is 0 Å². The van der Waals surface area contributed by atoms with E-state index in [1.165, 1.54) is 6.07 Å². The minimum Gasteiger partial charge on any atom is -0.334 e. The average molecular weight is 269 g/mol. The normalized spacial score (nSPS) is 19.8. The predicted molar refractivity (Wildman–Crippen MR) is 71.1 cm³/mol. The summed E-state index contributed by atoms with van der Waals surface area (Å²) in [7, 11) is 0. The number of H-pyrrole nitrogens is 1.